The van der Waals surface area contributed by atoms with Crippen LogP contribution in [0.25, 0.3) is 5.82 Å². The van der Waals surface area contributed by atoms with Gasteiger partial charge in [-0.1, -0.05) is 30.7 Å². The van der Waals surface area contributed by atoms with Crippen molar-refractivity contribution in [2.24, 2.45) is 0 Å². The Morgan fingerprint density at radius 3 is 2.71 bits per heavy atom. The minimum atomic E-state index is -0.351. The van der Waals surface area contributed by atoms with Gasteiger partial charge in [-0.25, -0.2) is 14.1 Å². The second-order valence-corrected chi connectivity index (χ2v) is 7.97. The molecule has 0 aliphatic carbocycles. The Morgan fingerprint density at radius 2 is 2.03 bits per heavy atom. The average Bonchev–Trinajstić information content (AvgIpc) is 3.46. The maximum atomic E-state index is 14.7. The largest absolute Gasteiger partial charge is 0.350 e. The molecule has 0 bridgehead atoms. The molecule has 0 radical (unpaired) electrons. The van der Waals surface area contributed by atoms with Gasteiger partial charge in [-0.3, -0.25) is 9.69 Å². The van der Waals surface area contributed by atoms with Crippen LogP contribution in [0.4, 0.5) is 4.39 Å². The number of amides is 1. The molecule has 31 heavy (non-hydrogen) atoms. The lowest BCUT2D eigenvalue weighted by molar-refractivity contribution is 0.0936. The third-order valence-corrected chi connectivity index (χ3v) is 6.01. The molecule has 1 amide bonds. The minimum absolute atomic E-state index is 0.240. The summed E-state index contributed by atoms with van der Waals surface area (Å²) in [5.41, 5.74) is 1.71. The van der Waals surface area contributed by atoms with Crippen LogP contribution in [0.2, 0.25) is 5.02 Å². The number of pyridine rings is 1. The van der Waals surface area contributed by atoms with Crippen molar-refractivity contribution in [3.8, 4) is 5.82 Å². The number of nitrogens with one attached hydrogen (secondary N) is 1. The van der Waals surface area contributed by atoms with Gasteiger partial charge in [-0.2, -0.15) is 5.10 Å². The normalized spacial score (nSPS) is 15.2. The number of benzene rings is 1. The van der Waals surface area contributed by atoms with Crippen LogP contribution in [0, 0.1) is 5.82 Å². The summed E-state index contributed by atoms with van der Waals surface area (Å²) in [5, 5.41) is 7.74. The molecule has 1 unspecified atom stereocenters. The molecule has 162 valence electrons. The molecular formula is C23H25ClFN5O. The van der Waals surface area contributed by atoms with E-state index in [1.165, 1.54) is 6.07 Å². The van der Waals surface area contributed by atoms with Gasteiger partial charge >= 0.3 is 0 Å². The second-order valence-electron chi connectivity index (χ2n) is 7.56. The van der Waals surface area contributed by atoms with Gasteiger partial charge in [0.15, 0.2) is 5.82 Å². The first-order valence-electron chi connectivity index (χ1n) is 10.5. The SMILES string of the molecule is CCc1c(C(=O)NCC(c2c(F)cccc2Cl)N2CCCC2)cnn1-c1ccccn1. The van der Waals surface area contributed by atoms with Crippen molar-refractivity contribution in [3.63, 3.8) is 0 Å². The van der Waals surface area contributed by atoms with Gasteiger partial charge in [0, 0.05) is 23.3 Å². The Balaban J connectivity index is 1.57. The maximum Gasteiger partial charge on any atom is 0.254 e. The van der Waals surface area contributed by atoms with Crippen molar-refractivity contribution in [2.45, 2.75) is 32.2 Å². The Bertz CT molecular complexity index is 1030. The average molecular weight is 442 g/mol. The van der Waals surface area contributed by atoms with Crippen LogP contribution in [0.1, 0.15) is 47.4 Å². The molecule has 3 aromatic rings. The van der Waals surface area contributed by atoms with E-state index in [9.17, 15) is 9.18 Å². The second kappa shape index (κ2) is 9.58. The van der Waals surface area contributed by atoms with Crippen LogP contribution < -0.4 is 5.32 Å². The highest BCUT2D eigenvalue weighted by atomic mass is 35.5. The number of carbonyl (C=O) groups excluding carboxylic acids is 1. The number of likely N-dealkylation sites (tertiary alicyclic amines) is 1. The highest BCUT2D eigenvalue weighted by molar-refractivity contribution is 6.31. The molecule has 1 aliphatic rings. The molecule has 1 aliphatic heterocycles. The summed E-state index contributed by atoms with van der Waals surface area (Å²) in [5.74, 6) is 0.0676. The van der Waals surface area contributed by atoms with Crippen LogP contribution in [0.5, 0.6) is 0 Å². The van der Waals surface area contributed by atoms with E-state index in [1.807, 2.05) is 25.1 Å². The fraction of sp³-hybridized carbons (Fsp3) is 0.348. The summed E-state index contributed by atoms with van der Waals surface area (Å²) in [6, 6.07) is 9.93. The monoisotopic (exact) mass is 441 g/mol. The van der Waals surface area contributed by atoms with Crippen LogP contribution in [0.15, 0.2) is 48.8 Å². The Kier molecular flexibility index (Phi) is 6.63. The van der Waals surface area contributed by atoms with Crippen molar-refractivity contribution in [1.29, 1.82) is 0 Å². The van der Waals surface area contributed by atoms with Crippen molar-refractivity contribution in [3.05, 3.63) is 76.5 Å². The summed E-state index contributed by atoms with van der Waals surface area (Å²) >= 11 is 6.35. The zero-order chi connectivity index (χ0) is 21.8. The van der Waals surface area contributed by atoms with Crippen molar-refractivity contribution in [1.82, 2.24) is 25.0 Å². The Morgan fingerprint density at radius 1 is 1.23 bits per heavy atom. The molecular weight excluding hydrogens is 417 g/mol. The summed E-state index contributed by atoms with van der Waals surface area (Å²) in [7, 11) is 0. The maximum absolute atomic E-state index is 14.7. The minimum Gasteiger partial charge on any atom is -0.350 e. The molecule has 4 rings (SSSR count). The van der Waals surface area contributed by atoms with Gasteiger partial charge in [-0.05, 0) is 56.6 Å². The van der Waals surface area contributed by atoms with Gasteiger partial charge in [-0.15, -0.1) is 0 Å². The van der Waals surface area contributed by atoms with Gasteiger partial charge in [0.1, 0.15) is 5.82 Å². The summed E-state index contributed by atoms with van der Waals surface area (Å²) in [4.78, 5) is 19.6. The Labute approximate surface area is 186 Å². The van der Waals surface area contributed by atoms with Gasteiger partial charge in [0.05, 0.1) is 23.5 Å². The molecule has 1 aromatic carbocycles. The highest BCUT2D eigenvalue weighted by Crippen LogP contribution is 2.32. The predicted octanol–water partition coefficient (Wildman–Crippen LogP) is 4.19. The first-order valence-corrected chi connectivity index (χ1v) is 10.9. The number of carbonyl (C=O) groups is 1. The van der Waals surface area contributed by atoms with Crippen molar-refractivity contribution >= 4 is 17.5 Å². The van der Waals surface area contributed by atoms with Crippen LogP contribution in [0.3, 0.4) is 0 Å². The third kappa shape index (κ3) is 4.48. The number of hydrogen-bond acceptors (Lipinski definition) is 4. The summed E-state index contributed by atoms with van der Waals surface area (Å²) < 4.78 is 16.3. The molecule has 1 fully saturated rings. The first kappa shape index (κ1) is 21.5. The van der Waals surface area contributed by atoms with Gasteiger partial charge < -0.3 is 5.32 Å². The van der Waals surface area contributed by atoms with Crippen LogP contribution in [-0.4, -0.2) is 45.2 Å². The lowest BCUT2D eigenvalue weighted by Gasteiger charge is -2.29. The molecule has 0 saturated carbocycles. The zero-order valence-electron chi connectivity index (χ0n) is 17.4. The summed E-state index contributed by atoms with van der Waals surface area (Å²) in [6.45, 7) is 3.93. The summed E-state index contributed by atoms with van der Waals surface area (Å²) in [6.07, 6.45) is 5.97. The standard InChI is InChI=1S/C23H25ClFN5O/c1-2-19-16(14-28-30(19)21-10-3-4-11-26-21)23(31)27-15-20(29-12-5-6-13-29)22-17(24)8-7-9-18(22)25/h3-4,7-11,14,20H,2,5-6,12-13,15H2,1H3,(H,27,31). The highest BCUT2D eigenvalue weighted by Gasteiger charge is 2.28. The molecule has 1 saturated heterocycles. The number of halogens is 2. The van der Waals surface area contributed by atoms with Crippen LogP contribution in [-0.2, 0) is 6.42 Å². The van der Waals surface area contributed by atoms with E-state index in [4.69, 9.17) is 11.6 Å². The lowest BCUT2D eigenvalue weighted by Crippen LogP contribution is -2.37. The molecule has 3 heterocycles. The smallest absolute Gasteiger partial charge is 0.254 e. The van der Waals surface area contributed by atoms with E-state index in [1.54, 1.807) is 29.2 Å². The number of nitrogens with zero attached hydrogens (tertiary/aromatic N) is 4. The van der Waals surface area contributed by atoms with E-state index in [0.717, 1.165) is 31.6 Å². The number of aromatic nitrogens is 3. The quantitative estimate of drug-likeness (QED) is 0.597. The van der Waals surface area contributed by atoms with Gasteiger partial charge in [0.2, 0.25) is 0 Å². The fourth-order valence-corrected chi connectivity index (χ4v) is 4.45. The molecule has 1 atom stereocenters. The zero-order valence-corrected chi connectivity index (χ0v) is 18.1. The fourth-order valence-electron chi connectivity index (χ4n) is 4.16. The lowest BCUT2D eigenvalue weighted by atomic mass is 10.0. The van der Waals surface area contributed by atoms with E-state index in [2.05, 4.69) is 20.3 Å². The van der Waals surface area contributed by atoms with Crippen LogP contribution >= 0.6 is 11.6 Å². The molecule has 0 spiro atoms. The predicted molar refractivity (Wildman–Crippen MR) is 118 cm³/mol. The van der Waals surface area contributed by atoms with Crippen molar-refractivity contribution in [2.75, 3.05) is 19.6 Å². The van der Waals surface area contributed by atoms with E-state index in [0.29, 0.717) is 28.4 Å². The van der Waals surface area contributed by atoms with E-state index < -0.39 is 0 Å². The molecule has 6 nitrogen and oxygen atoms in total. The molecule has 2 aromatic heterocycles. The van der Waals surface area contributed by atoms with E-state index >= 15 is 0 Å². The first-order chi connectivity index (χ1) is 15.1. The molecule has 1 N–H and O–H groups in total. The van der Waals surface area contributed by atoms with E-state index in [-0.39, 0.29) is 24.3 Å². The molecule has 8 heteroatoms. The third-order valence-electron chi connectivity index (χ3n) is 5.69. The topological polar surface area (TPSA) is 63.1 Å². The number of rotatable bonds is 7. The van der Waals surface area contributed by atoms with Gasteiger partial charge in [0.25, 0.3) is 5.91 Å². The number of hydrogen-bond donors (Lipinski definition) is 1. The van der Waals surface area contributed by atoms with Crippen molar-refractivity contribution < 1.29 is 9.18 Å². The Hall–Kier alpha value is -2.77.